The Morgan fingerprint density at radius 3 is 3.08 bits per heavy atom. The van der Waals surface area contributed by atoms with Gasteiger partial charge in [0, 0.05) is 0 Å². The Labute approximate surface area is 73.6 Å². The highest BCUT2D eigenvalue weighted by molar-refractivity contribution is 5.55. The van der Waals surface area contributed by atoms with Crippen LogP contribution in [0, 0.1) is 18.3 Å². The van der Waals surface area contributed by atoms with Gasteiger partial charge in [-0.2, -0.15) is 19.9 Å². The molecule has 0 aliphatic heterocycles. The largest absolute Gasteiger partial charge is 0.382 e. The molecule has 0 atom stereocenters. The molecule has 0 spiro atoms. The van der Waals surface area contributed by atoms with Crippen molar-refractivity contribution in [2.45, 2.75) is 6.92 Å². The second-order valence-corrected chi connectivity index (χ2v) is 2.54. The van der Waals surface area contributed by atoms with E-state index in [2.05, 4.69) is 15.1 Å². The number of anilines is 1. The van der Waals surface area contributed by atoms with E-state index in [0.29, 0.717) is 17.0 Å². The van der Waals surface area contributed by atoms with Gasteiger partial charge >= 0.3 is 0 Å². The van der Waals surface area contributed by atoms with Gasteiger partial charge in [-0.1, -0.05) is 0 Å². The van der Waals surface area contributed by atoms with Crippen LogP contribution in [0.2, 0.25) is 0 Å². The Morgan fingerprint density at radius 1 is 1.62 bits per heavy atom. The predicted molar refractivity (Wildman–Crippen MR) is 44.6 cm³/mol. The van der Waals surface area contributed by atoms with Crippen LogP contribution in [0.15, 0.2) is 6.33 Å². The molecule has 6 heteroatoms. The van der Waals surface area contributed by atoms with Gasteiger partial charge in [0.1, 0.15) is 23.8 Å². The van der Waals surface area contributed by atoms with Gasteiger partial charge in [-0.05, 0) is 6.92 Å². The number of rotatable bonds is 0. The van der Waals surface area contributed by atoms with Gasteiger partial charge in [0.15, 0.2) is 0 Å². The van der Waals surface area contributed by atoms with Crippen molar-refractivity contribution in [3.05, 3.63) is 17.6 Å². The molecule has 0 aliphatic carbocycles. The monoisotopic (exact) mass is 174 g/mol. The number of aromatic nitrogens is 4. The average Bonchev–Trinajstić information content (AvgIpc) is 2.53. The highest BCUT2D eigenvalue weighted by Crippen LogP contribution is 2.13. The standard InChI is InChI=1S/C7H6N6/c1-4-5(2-8)6(9)13-7(12-4)10-3-11-13/h3H,9H2,1H3. The van der Waals surface area contributed by atoms with Gasteiger partial charge in [0.2, 0.25) is 0 Å². The SMILES string of the molecule is Cc1nc2ncnn2c(N)c1C#N. The van der Waals surface area contributed by atoms with Crippen LogP contribution in [-0.4, -0.2) is 19.6 Å². The third-order valence-corrected chi connectivity index (χ3v) is 1.76. The zero-order chi connectivity index (χ0) is 9.42. The van der Waals surface area contributed by atoms with Crippen LogP contribution in [0.1, 0.15) is 11.3 Å². The number of hydrogen-bond donors (Lipinski definition) is 1. The molecule has 2 heterocycles. The molecule has 64 valence electrons. The van der Waals surface area contributed by atoms with Crippen molar-refractivity contribution in [2.75, 3.05) is 5.73 Å². The lowest BCUT2D eigenvalue weighted by Crippen LogP contribution is -2.05. The molecule has 0 amide bonds. The van der Waals surface area contributed by atoms with E-state index in [1.54, 1.807) is 6.92 Å². The predicted octanol–water partition coefficient (Wildman–Crippen LogP) is -0.113. The number of aryl methyl sites for hydroxylation is 1. The molecule has 2 aromatic rings. The molecule has 0 fully saturated rings. The normalized spacial score (nSPS) is 10.2. The smallest absolute Gasteiger partial charge is 0.254 e. The van der Waals surface area contributed by atoms with Crippen molar-refractivity contribution in [2.24, 2.45) is 0 Å². The Bertz CT molecular complexity index is 505. The van der Waals surface area contributed by atoms with E-state index in [-0.39, 0.29) is 5.82 Å². The molecule has 13 heavy (non-hydrogen) atoms. The molecule has 0 saturated heterocycles. The number of nitrogens with zero attached hydrogens (tertiary/aromatic N) is 5. The quantitative estimate of drug-likeness (QED) is 0.601. The Balaban J connectivity index is 2.95. The molecule has 0 unspecified atom stereocenters. The first-order valence-corrected chi connectivity index (χ1v) is 3.60. The molecular formula is C7H6N6. The topological polar surface area (TPSA) is 92.9 Å². The number of nitriles is 1. The van der Waals surface area contributed by atoms with Gasteiger partial charge in [-0.25, -0.2) is 4.98 Å². The zero-order valence-corrected chi connectivity index (χ0v) is 6.89. The molecule has 2 rings (SSSR count). The number of fused-ring (bicyclic) bond motifs is 1. The van der Waals surface area contributed by atoms with Crippen molar-refractivity contribution in [3.8, 4) is 6.07 Å². The molecule has 0 bridgehead atoms. The lowest BCUT2D eigenvalue weighted by atomic mass is 10.2. The number of nitrogens with two attached hydrogens (primary N) is 1. The molecule has 0 saturated carbocycles. The van der Waals surface area contributed by atoms with Crippen LogP contribution in [0.4, 0.5) is 5.82 Å². The van der Waals surface area contributed by atoms with Crippen LogP contribution in [0.25, 0.3) is 5.78 Å². The fraction of sp³-hybridized carbons (Fsp3) is 0.143. The second kappa shape index (κ2) is 2.42. The van der Waals surface area contributed by atoms with E-state index >= 15 is 0 Å². The lowest BCUT2D eigenvalue weighted by molar-refractivity contribution is 0.936. The maximum Gasteiger partial charge on any atom is 0.254 e. The number of hydrogen-bond acceptors (Lipinski definition) is 5. The first-order valence-electron chi connectivity index (χ1n) is 3.60. The van der Waals surface area contributed by atoms with Crippen molar-refractivity contribution < 1.29 is 0 Å². The summed E-state index contributed by atoms with van der Waals surface area (Å²) >= 11 is 0. The van der Waals surface area contributed by atoms with Crippen LogP contribution >= 0.6 is 0 Å². The van der Waals surface area contributed by atoms with E-state index in [1.165, 1.54) is 10.8 Å². The molecular weight excluding hydrogens is 168 g/mol. The fourth-order valence-electron chi connectivity index (χ4n) is 1.12. The summed E-state index contributed by atoms with van der Waals surface area (Å²) in [5.41, 5.74) is 6.59. The van der Waals surface area contributed by atoms with Gasteiger partial charge in [-0.3, -0.25) is 0 Å². The van der Waals surface area contributed by atoms with Gasteiger partial charge < -0.3 is 5.73 Å². The maximum atomic E-state index is 8.76. The van der Waals surface area contributed by atoms with Crippen molar-refractivity contribution >= 4 is 11.6 Å². The average molecular weight is 174 g/mol. The van der Waals surface area contributed by atoms with Crippen molar-refractivity contribution in [3.63, 3.8) is 0 Å². The molecule has 2 aromatic heterocycles. The molecule has 6 nitrogen and oxygen atoms in total. The molecule has 2 N–H and O–H groups in total. The highest BCUT2D eigenvalue weighted by Gasteiger charge is 2.10. The summed E-state index contributed by atoms with van der Waals surface area (Å²) < 4.78 is 1.34. The van der Waals surface area contributed by atoms with Crippen LogP contribution < -0.4 is 5.73 Å². The summed E-state index contributed by atoms with van der Waals surface area (Å²) in [6.07, 6.45) is 1.35. The van der Waals surface area contributed by atoms with Crippen molar-refractivity contribution in [1.82, 2.24) is 19.6 Å². The third kappa shape index (κ3) is 0.906. The minimum Gasteiger partial charge on any atom is -0.382 e. The van der Waals surface area contributed by atoms with Gasteiger partial charge in [-0.15, -0.1) is 0 Å². The summed E-state index contributed by atoms with van der Waals surface area (Å²) in [7, 11) is 0. The summed E-state index contributed by atoms with van der Waals surface area (Å²) in [5, 5.41) is 12.6. The van der Waals surface area contributed by atoms with Crippen LogP contribution in [0.3, 0.4) is 0 Å². The first-order chi connectivity index (χ1) is 6.24. The van der Waals surface area contributed by atoms with E-state index in [4.69, 9.17) is 11.0 Å². The lowest BCUT2D eigenvalue weighted by Gasteiger charge is -2.01. The minimum atomic E-state index is 0.280. The Hall–Kier alpha value is -2.16. The summed E-state index contributed by atoms with van der Waals surface area (Å²) in [6.45, 7) is 1.71. The van der Waals surface area contributed by atoms with E-state index in [0.717, 1.165) is 0 Å². The van der Waals surface area contributed by atoms with Crippen molar-refractivity contribution in [1.29, 1.82) is 5.26 Å². The molecule has 0 aromatic carbocycles. The summed E-state index contributed by atoms with van der Waals surface area (Å²) in [5.74, 6) is 0.691. The highest BCUT2D eigenvalue weighted by atomic mass is 15.3. The van der Waals surface area contributed by atoms with Gasteiger partial charge in [0.05, 0.1) is 5.69 Å². The minimum absolute atomic E-state index is 0.280. The zero-order valence-electron chi connectivity index (χ0n) is 6.89. The van der Waals surface area contributed by atoms with E-state index in [9.17, 15) is 0 Å². The summed E-state index contributed by atoms with van der Waals surface area (Å²) in [6, 6.07) is 1.97. The Morgan fingerprint density at radius 2 is 2.38 bits per heavy atom. The van der Waals surface area contributed by atoms with Crippen LogP contribution in [0.5, 0.6) is 0 Å². The molecule has 0 radical (unpaired) electrons. The maximum absolute atomic E-state index is 8.76. The van der Waals surface area contributed by atoms with E-state index < -0.39 is 0 Å². The molecule has 0 aliphatic rings. The Kier molecular flexibility index (Phi) is 1.39. The second-order valence-electron chi connectivity index (χ2n) is 2.54. The van der Waals surface area contributed by atoms with Gasteiger partial charge in [0.25, 0.3) is 5.78 Å². The van der Waals surface area contributed by atoms with E-state index in [1.807, 2.05) is 6.07 Å². The summed E-state index contributed by atoms with van der Waals surface area (Å²) in [4.78, 5) is 7.92. The first kappa shape index (κ1) is 7.49. The third-order valence-electron chi connectivity index (χ3n) is 1.76. The fourth-order valence-corrected chi connectivity index (χ4v) is 1.12. The van der Waals surface area contributed by atoms with Crippen LogP contribution in [-0.2, 0) is 0 Å². The number of nitrogen functional groups attached to an aromatic ring is 1.